The zero-order valence-corrected chi connectivity index (χ0v) is 9.41. The Hall–Kier alpha value is -2.37. The third kappa shape index (κ3) is 1.73. The molecule has 0 amide bonds. The van der Waals surface area contributed by atoms with Crippen LogP contribution in [0.1, 0.15) is 10.4 Å². The quantitative estimate of drug-likeness (QED) is 0.807. The topological polar surface area (TPSA) is 75.4 Å². The lowest BCUT2D eigenvalue weighted by atomic mass is 10.2. The van der Waals surface area contributed by atoms with Crippen molar-refractivity contribution in [3.8, 4) is 0 Å². The lowest BCUT2D eigenvalue weighted by Gasteiger charge is -2.19. The Morgan fingerprint density at radius 3 is 2.76 bits per heavy atom. The van der Waals surface area contributed by atoms with Crippen LogP contribution < -0.4 is 10.4 Å². The molecule has 0 atom stereocenters. The van der Waals surface area contributed by atoms with Gasteiger partial charge in [0.15, 0.2) is 0 Å². The first-order valence-corrected chi connectivity index (χ1v) is 4.92. The molecule has 1 N–H and O–H groups in total. The Labute approximate surface area is 96.7 Å². The fraction of sp³-hybridized carbons (Fsp3) is 0.182. The summed E-state index contributed by atoms with van der Waals surface area (Å²) in [5.41, 5.74) is -0.169. The lowest BCUT2D eigenvalue weighted by Crippen LogP contribution is -2.29. The standard InChI is InChI=1S/C11H11N3O3/c1-13(2)14-6-8(11(16)17)10(15)7-3-4-12-5-9(7)14/h3-6H,1-2H3,(H,16,17). The van der Waals surface area contributed by atoms with E-state index >= 15 is 0 Å². The average molecular weight is 233 g/mol. The molecular weight excluding hydrogens is 222 g/mol. The highest BCUT2D eigenvalue weighted by Gasteiger charge is 2.14. The van der Waals surface area contributed by atoms with Crippen LogP contribution in [0.3, 0.4) is 0 Å². The summed E-state index contributed by atoms with van der Waals surface area (Å²) in [6.07, 6.45) is 4.30. The minimum absolute atomic E-state index is 0.252. The van der Waals surface area contributed by atoms with Gasteiger partial charge in [-0.15, -0.1) is 0 Å². The number of carboxylic acids is 1. The van der Waals surface area contributed by atoms with Crippen LogP contribution in [0.25, 0.3) is 10.9 Å². The Balaban J connectivity index is 2.95. The second-order valence-corrected chi connectivity index (χ2v) is 3.76. The van der Waals surface area contributed by atoms with Crippen LogP contribution in [0.5, 0.6) is 0 Å². The first-order valence-electron chi connectivity index (χ1n) is 4.92. The highest BCUT2D eigenvalue weighted by Crippen LogP contribution is 2.09. The fourth-order valence-electron chi connectivity index (χ4n) is 1.64. The predicted molar refractivity (Wildman–Crippen MR) is 63.0 cm³/mol. The molecule has 0 aliphatic heterocycles. The normalized spacial score (nSPS) is 10.5. The van der Waals surface area contributed by atoms with Gasteiger partial charge < -0.3 is 10.1 Å². The fourth-order valence-corrected chi connectivity index (χ4v) is 1.64. The van der Waals surface area contributed by atoms with E-state index in [2.05, 4.69) is 4.98 Å². The minimum atomic E-state index is -1.23. The highest BCUT2D eigenvalue weighted by molar-refractivity contribution is 5.92. The molecule has 6 nitrogen and oxygen atoms in total. The number of aromatic carboxylic acids is 1. The van der Waals surface area contributed by atoms with E-state index in [-0.39, 0.29) is 5.56 Å². The Morgan fingerprint density at radius 1 is 1.47 bits per heavy atom. The van der Waals surface area contributed by atoms with E-state index in [4.69, 9.17) is 5.11 Å². The van der Waals surface area contributed by atoms with Crippen molar-refractivity contribution >= 4 is 16.9 Å². The molecule has 0 aromatic carbocycles. The molecular formula is C11H11N3O3. The molecule has 0 spiro atoms. The number of carbonyl (C=O) groups is 1. The number of aromatic nitrogens is 2. The zero-order chi connectivity index (χ0) is 12.6. The molecule has 0 aliphatic carbocycles. The van der Waals surface area contributed by atoms with E-state index in [0.717, 1.165) is 0 Å². The van der Waals surface area contributed by atoms with Crippen molar-refractivity contribution in [2.45, 2.75) is 0 Å². The number of carboxylic acid groups (broad SMARTS) is 1. The van der Waals surface area contributed by atoms with Crippen LogP contribution in [0.4, 0.5) is 0 Å². The molecule has 2 heterocycles. The van der Waals surface area contributed by atoms with E-state index in [1.165, 1.54) is 24.7 Å². The molecule has 88 valence electrons. The van der Waals surface area contributed by atoms with Crippen molar-refractivity contribution in [2.75, 3.05) is 19.1 Å². The van der Waals surface area contributed by atoms with E-state index in [9.17, 15) is 9.59 Å². The lowest BCUT2D eigenvalue weighted by molar-refractivity contribution is 0.0695. The van der Waals surface area contributed by atoms with Crippen molar-refractivity contribution < 1.29 is 9.90 Å². The van der Waals surface area contributed by atoms with Crippen molar-refractivity contribution in [3.05, 3.63) is 40.4 Å². The Bertz CT molecular complexity index is 646. The van der Waals surface area contributed by atoms with Crippen molar-refractivity contribution in [2.24, 2.45) is 0 Å². The minimum Gasteiger partial charge on any atom is -0.477 e. The number of hydrogen-bond donors (Lipinski definition) is 1. The van der Waals surface area contributed by atoms with Crippen LogP contribution in [0, 0.1) is 0 Å². The summed E-state index contributed by atoms with van der Waals surface area (Å²) in [5.74, 6) is -1.23. The van der Waals surface area contributed by atoms with Crippen molar-refractivity contribution in [1.29, 1.82) is 0 Å². The maximum atomic E-state index is 11.9. The van der Waals surface area contributed by atoms with Crippen LogP contribution in [0.2, 0.25) is 0 Å². The Kier molecular flexibility index (Phi) is 2.55. The van der Waals surface area contributed by atoms with Gasteiger partial charge in [-0.3, -0.25) is 14.5 Å². The van der Waals surface area contributed by atoms with Gasteiger partial charge in [-0.05, 0) is 6.07 Å². The van der Waals surface area contributed by atoms with Gasteiger partial charge in [0, 0.05) is 26.5 Å². The van der Waals surface area contributed by atoms with Crippen LogP contribution in [-0.4, -0.2) is 34.8 Å². The summed E-state index contributed by atoms with van der Waals surface area (Å²) >= 11 is 0. The number of pyridine rings is 2. The summed E-state index contributed by atoms with van der Waals surface area (Å²) in [6, 6.07) is 1.52. The van der Waals surface area contributed by atoms with Crippen molar-refractivity contribution in [3.63, 3.8) is 0 Å². The molecule has 2 aromatic rings. The second kappa shape index (κ2) is 3.89. The molecule has 0 fully saturated rings. The summed E-state index contributed by atoms with van der Waals surface area (Å²) in [6.45, 7) is 0. The monoisotopic (exact) mass is 233 g/mol. The summed E-state index contributed by atoms with van der Waals surface area (Å²) in [7, 11) is 3.51. The van der Waals surface area contributed by atoms with Crippen LogP contribution in [0.15, 0.2) is 29.5 Å². The van der Waals surface area contributed by atoms with Crippen LogP contribution >= 0.6 is 0 Å². The van der Waals surface area contributed by atoms with Gasteiger partial charge in [0.1, 0.15) is 5.56 Å². The molecule has 17 heavy (non-hydrogen) atoms. The maximum absolute atomic E-state index is 11.9. The second-order valence-electron chi connectivity index (χ2n) is 3.76. The predicted octanol–water partition coefficient (Wildman–Crippen LogP) is 0.292. The third-order valence-electron chi connectivity index (χ3n) is 2.45. The van der Waals surface area contributed by atoms with E-state index in [1.807, 2.05) is 0 Å². The largest absolute Gasteiger partial charge is 0.477 e. The van der Waals surface area contributed by atoms with Crippen molar-refractivity contribution in [1.82, 2.24) is 9.66 Å². The first-order chi connectivity index (χ1) is 8.02. The number of nitrogens with zero attached hydrogens (tertiary/aromatic N) is 3. The Morgan fingerprint density at radius 2 is 2.18 bits per heavy atom. The molecule has 0 unspecified atom stereocenters. The molecule has 0 saturated carbocycles. The third-order valence-corrected chi connectivity index (χ3v) is 2.45. The molecule has 0 aliphatic rings. The maximum Gasteiger partial charge on any atom is 0.341 e. The molecule has 0 bridgehead atoms. The molecule has 0 radical (unpaired) electrons. The van der Waals surface area contributed by atoms with Gasteiger partial charge in [0.2, 0.25) is 5.43 Å². The van der Waals surface area contributed by atoms with Gasteiger partial charge in [-0.1, -0.05) is 0 Å². The zero-order valence-electron chi connectivity index (χ0n) is 9.41. The average Bonchev–Trinajstić information content (AvgIpc) is 2.29. The number of fused-ring (bicyclic) bond motifs is 1. The molecule has 6 heteroatoms. The number of rotatable bonds is 2. The summed E-state index contributed by atoms with van der Waals surface area (Å²) in [4.78, 5) is 26.8. The smallest absolute Gasteiger partial charge is 0.341 e. The van der Waals surface area contributed by atoms with Gasteiger partial charge in [0.05, 0.1) is 17.1 Å². The molecule has 2 aromatic heterocycles. The van der Waals surface area contributed by atoms with E-state index < -0.39 is 11.4 Å². The molecule has 2 rings (SSSR count). The summed E-state index contributed by atoms with van der Waals surface area (Å²) < 4.78 is 1.58. The van der Waals surface area contributed by atoms with E-state index in [1.54, 1.807) is 23.8 Å². The van der Waals surface area contributed by atoms with Gasteiger partial charge >= 0.3 is 5.97 Å². The van der Waals surface area contributed by atoms with Crippen LogP contribution in [-0.2, 0) is 0 Å². The first kappa shape index (κ1) is 11.1. The summed E-state index contributed by atoms with van der Waals surface area (Å²) in [5, 5.41) is 11.0. The SMILES string of the molecule is CN(C)n1cc(C(=O)O)c(=O)c2ccncc21. The van der Waals surface area contributed by atoms with Gasteiger partial charge in [-0.2, -0.15) is 0 Å². The number of hydrogen-bond acceptors (Lipinski definition) is 4. The van der Waals surface area contributed by atoms with Gasteiger partial charge in [-0.25, -0.2) is 4.79 Å². The van der Waals surface area contributed by atoms with E-state index in [0.29, 0.717) is 10.9 Å². The molecule has 0 saturated heterocycles. The van der Waals surface area contributed by atoms with Gasteiger partial charge in [0.25, 0.3) is 0 Å². The highest BCUT2D eigenvalue weighted by atomic mass is 16.4.